The molecule has 1 aliphatic heterocycles. The smallest absolute Gasteiger partial charge is 0.137 e. The molecule has 0 amide bonds. The number of hydrogen-bond acceptors (Lipinski definition) is 2. The Morgan fingerprint density at radius 1 is 1.58 bits per heavy atom. The van der Waals surface area contributed by atoms with Gasteiger partial charge in [-0.2, -0.15) is 0 Å². The van der Waals surface area contributed by atoms with Gasteiger partial charge in [0.2, 0.25) is 0 Å². The standard InChI is InChI=1S/C10H13NO/c12-7-10-5-8-3-1-2-4-9(8)6-11-10/h1,3,7,10-11H,2,4-6H2. The van der Waals surface area contributed by atoms with E-state index < -0.39 is 0 Å². The maximum absolute atomic E-state index is 10.5. The normalized spacial score (nSPS) is 28.5. The van der Waals surface area contributed by atoms with Crippen LogP contribution in [0.4, 0.5) is 0 Å². The summed E-state index contributed by atoms with van der Waals surface area (Å²) in [6, 6.07) is 0.0477. The van der Waals surface area contributed by atoms with E-state index in [1.807, 2.05) is 0 Å². The highest BCUT2D eigenvalue weighted by molar-refractivity contribution is 5.60. The number of rotatable bonds is 1. The van der Waals surface area contributed by atoms with E-state index in [0.29, 0.717) is 0 Å². The van der Waals surface area contributed by atoms with Gasteiger partial charge in [0.15, 0.2) is 0 Å². The minimum atomic E-state index is 0.0477. The zero-order chi connectivity index (χ0) is 8.39. The highest BCUT2D eigenvalue weighted by atomic mass is 16.1. The molecule has 0 radical (unpaired) electrons. The first-order valence-electron chi connectivity index (χ1n) is 4.46. The minimum absolute atomic E-state index is 0.0477. The summed E-state index contributed by atoms with van der Waals surface area (Å²) in [6.07, 6.45) is 8.60. The minimum Gasteiger partial charge on any atom is -0.304 e. The second-order valence-electron chi connectivity index (χ2n) is 3.40. The van der Waals surface area contributed by atoms with Gasteiger partial charge < -0.3 is 10.1 Å². The molecule has 2 nitrogen and oxygen atoms in total. The summed E-state index contributed by atoms with van der Waals surface area (Å²) in [5.74, 6) is 0. The molecule has 1 atom stereocenters. The molecule has 1 heterocycles. The molecule has 2 heteroatoms. The van der Waals surface area contributed by atoms with Crippen molar-refractivity contribution in [1.82, 2.24) is 5.32 Å². The number of allylic oxidation sites excluding steroid dienone is 2. The molecule has 0 saturated carbocycles. The largest absolute Gasteiger partial charge is 0.304 e. The van der Waals surface area contributed by atoms with Crippen molar-refractivity contribution in [1.29, 1.82) is 0 Å². The second-order valence-corrected chi connectivity index (χ2v) is 3.40. The summed E-state index contributed by atoms with van der Waals surface area (Å²) >= 11 is 0. The lowest BCUT2D eigenvalue weighted by atomic mass is 9.90. The fraction of sp³-hybridized carbons (Fsp3) is 0.500. The lowest BCUT2D eigenvalue weighted by Gasteiger charge is -2.25. The number of hydrogen-bond donors (Lipinski definition) is 1. The topological polar surface area (TPSA) is 29.1 Å². The third kappa shape index (κ3) is 1.34. The van der Waals surface area contributed by atoms with Gasteiger partial charge in [-0.05, 0) is 24.8 Å². The van der Waals surface area contributed by atoms with Gasteiger partial charge in [-0.3, -0.25) is 0 Å². The van der Waals surface area contributed by atoms with Crippen LogP contribution in [0.3, 0.4) is 0 Å². The summed E-state index contributed by atoms with van der Waals surface area (Å²) < 4.78 is 0. The third-order valence-corrected chi connectivity index (χ3v) is 2.57. The molecule has 1 aliphatic carbocycles. The van der Waals surface area contributed by atoms with E-state index in [9.17, 15) is 4.79 Å². The molecule has 2 rings (SSSR count). The summed E-state index contributed by atoms with van der Waals surface area (Å²) in [5.41, 5.74) is 2.88. The molecule has 0 fully saturated rings. The molecule has 0 aromatic carbocycles. The average molecular weight is 163 g/mol. The van der Waals surface area contributed by atoms with Crippen LogP contribution in [0.15, 0.2) is 23.3 Å². The maximum Gasteiger partial charge on any atom is 0.137 e. The van der Waals surface area contributed by atoms with Crippen LogP contribution in [0.25, 0.3) is 0 Å². The Labute approximate surface area is 72.3 Å². The van der Waals surface area contributed by atoms with E-state index in [4.69, 9.17) is 0 Å². The lowest BCUT2D eigenvalue weighted by Crippen LogP contribution is -2.37. The first-order chi connectivity index (χ1) is 5.90. The van der Waals surface area contributed by atoms with E-state index >= 15 is 0 Å². The van der Waals surface area contributed by atoms with Crippen molar-refractivity contribution >= 4 is 6.29 Å². The molecule has 12 heavy (non-hydrogen) atoms. The molecule has 0 bridgehead atoms. The van der Waals surface area contributed by atoms with Gasteiger partial charge >= 0.3 is 0 Å². The van der Waals surface area contributed by atoms with Crippen LogP contribution >= 0.6 is 0 Å². The van der Waals surface area contributed by atoms with Crippen LogP contribution in [-0.4, -0.2) is 18.9 Å². The SMILES string of the molecule is O=CC1CC2=C(CCC=C2)CN1. The Morgan fingerprint density at radius 2 is 2.50 bits per heavy atom. The van der Waals surface area contributed by atoms with Crippen LogP contribution < -0.4 is 5.32 Å². The van der Waals surface area contributed by atoms with Crippen molar-refractivity contribution in [3.8, 4) is 0 Å². The van der Waals surface area contributed by atoms with Crippen molar-refractivity contribution in [2.24, 2.45) is 0 Å². The Kier molecular flexibility index (Phi) is 2.09. The molecule has 1 N–H and O–H groups in total. The van der Waals surface area contributed by atoms with Crippen LogP contribution in [-0.2, 0) is 4.79 Å². The first-order valence-corrected chi connectivity index (χ1v) is 4.46. The predicted octanol–water partition coefficient (Wildman–Crippen LogP) is 1.19. The Morgan fingerprint density at radius 3 is 3.33 bits per heavy atom. The number of nitrogens with one attached hydrogen (secondary N) is 1. The van der Waals surface area contributed by atoms with E-state index in [0.717, 1.165) is 25.7 Å². The van der Waals surface area contributed by atoms with Gasteiger partial charge in [-0.15, -0.1) is 0 Å². The fourth-order valence-corrected chi connectivity index (χ4v) is 1.84. The monoisotopic (exact) mass is 163 g/mol. The highest BCUT2D eigenvalue weighted by Gasteiger charge is 2.18. The molecule has 2 aliphatic rings. The van der Waals surface area contributed by atoms with Crippen LogP contribution in [0.1, 0.15) is 19.3 Å². The van der Waals surface area contributed by atoms with Gasteiger partial charge in [-0.1, -0.05) is 17.7 Å². The first kappa shape index (κ1) is 7.74. The van der Waals surface area contributed by atoms with Gasteiger partial charge in [0.05, 0.1) is 6.04 Å². The molecule has 0 aromatic rings. The van der Waals surface area contributed by atoms with Crippen molar-refractivity contribution in [2.45, 2.75) is 25.3 Å². The second kappa shape index (κ2) is 3.23. The molecular formula is C10H13NO. The summed E-state index contributed by atoms with van der Waals surface area (Å²) in [7, 11) is 0. The molecule has 0 spiro atoms. The molecule has 0 saturated heterocycles. The Hall–Kier alpha value is -0.890. The van der Waals surface area contributed by atoms with Gasteiger partial charge in [0, 0.05) is 6.54 Å². The molecular weight excluding hydrogens is 150 g/mol. The van der Waals surface area contributed by atoms with E-state index in [1.165, 1.54) is 17.6 Å². The summed E-state index contributed by atoms with van der Waals surface area (Å²) in [4.78, 5) is 10.5. The van der Waals surface area contributed by atoms with Gasteiger partial charge in [-0.25, -0.2) is 0 Å². The van der Waals surface area contributed by atoms with Crippen molar-refractivity contribution in [2.75, 3.05) is 6.54 Å². The summed E-state index contributed by atoms with van der Waals surface area (Å²) in [6.45, 7) is 0.906. The van der Waals surface area contributed by atoms with E-state index in [1.54, 1.807) is 0 Å². The van der Waals surface area contributed by atoms with Crippen LogP contribution in [0, 0.1) is 0 Å². The van der Waals surface area contributed by atoms with Crippen molar-refractivity contribution < 1.29 is 4.79 Å². The maximum atomic E-state index is 10.5. The molecule has 1 unspecified atom stereocenters. The third-order valence-electron chi connectivity index (χ3n) is 2.57. The Bertz CT molecular complexity index is 253. The van der Waals surface area contributed by atoms with E-state index in [2.05, 4.69) is 17.5 Å². The lowest BCUT2D eigenvalue weighted by molar-refractivity contribution is -0.109. The number of aldehydes is 1. The van der Waals surface area contributed by atoms with Gasteiger partial charge in [0.1, 0.15) is 6.29 Å². The number of carbonyl (C=O) groups excluding carboxylic acids is 1. The number of carbonyl (C=O) groups is 1. The zero-order valence-corrected chi connectivity index (χ0v) is 7.05. The molecule has 64 valence electrons. The van der Waals surface area contributed by atoms with Gasteiger partial charge in [0.25, 0.3) is 0 Å². The summed E-state index contributed by atoms with van der Waals surface area (Å²) in [5, 5.41) is 3.21. The predicted molar refractivity (Wildman–Crippen MR) is 47.9 cm³/mol. The van der Waals surface area contributed by atoms with Crippen LogP contribution in [0.2, 0.25) is 0 Å². The highest BCUT2D eigenvalue weighted by Crippen LogP contribution is 2.24. The van der Waals surface area contributed by atoms with Crippen molar-refractivity contribution in [3.63, 3.8) is 0 Å². The van der Waals surface area contributed by atoms with Crippen LogP contribution in [0.5, 0.6) is 0 Å². The van der Waals surface area contributed by atoms with E-state index in [-0.39, 0.29) is 6.04 Å². The fourth-order valence-electron chi connectivity index (χ4n) is 1.84. The Balaban J connectivity index is 2.16. The average Bonchev–Trinajstić information content (AvgIpc) is 2.17. The zero-order valence-electron chi connectivity index (χ0n) is 7.05. The van der Waals surface area contributed by atoms with Crippen molar-refractivity contribution in [3.05, 3.63) is 23.3 Å². The quantitative estimate of drug-likeness (QED) is 0.588. The molecule has 0 aromatic heterocycles.